The molecule has 2 fully saturated rings. The van der Waals surface area contributed by atoms with Gasteiger partial charge in [0.05, 0.1) is 17.2 Å². The summed E-state index contributed by atoms with van der Waals surface area (Å²) >= 11 is 1.71. The number of nitrogens with one attached hydrogen (secondary N) is 1. The van der Waals surface area contributed by atoms with Crippen molar-refractivity contribution in [3.8, 4) is 0 Å². The first kappa shape index (κ1) is 11.6. The predicted molar refractivity (Wildman–Crippen MR) is 71.3 cm³/mol. The number of hydrogen-bond acceptors (Lipinski definition) is 4. The van der Waals surface area contributed by atoms with Crippen LogP contribution in [-0.4, -0.2) is 35.1 Å². The fourth-order valence-corrected chi connectivity index (χ4v) is 4.01. The number of aromatic nitrogens is 1. The van der Waals surface area contributed by atoms with Gasteiger partial charge in [0.1, 0.15) is 0 Å². The average Bonchev–Trinajstić information content (AvgIpc) is 3.09. The Labute approximate surface area is 107 Å². The fourth-order valence-electron chi connectivity index (χ4n) is 3.37. The third-order valence-electron chi connectivity index (χ3n) is 4.28. The molecule has 3 unspecified atom stereocenters. The van der Waals surface area contributed by atoms with Crippen LogP contribution in [0.4, 0.5) is 0 Å². The molecule has 1 N–H and O–H groups in total. The monoisotopic (exact) mass is 251 g/mol. The minimum atomic E-state index is 0.483. The van der Waals surface area contributed by atoms with Gasteiger partial charge in [-0.1, -0.05) is 0 Å². The normalized spacial score (nSPS) is 32.1. The van der Waals surface area contributed by atoms with Crippen LogP contribution in [0.25, 0.3) is 0 Å². The summed E-state index contributed by atoms with van der Waals surface area (Å²) in [7, 11) is 0. The Balaban J connectivity index is 1.72. The molecular formula is C13H21N3S. The summed E-state index contributed by atoms with van der Waals surface area (Å²) in [4.78, 5) is 7.14. The van der Waals surface area contributed by atoms with E-state index in [1.54, 1.807) is 11.3 Å². The summed E-state index contributed by atoms with van der Waals surface area (Å²) in [5.41, 5.74) is 3.20. The van der Waals surface area contributed by atoms with Crippen LogP contribution in [0.2, 0.25) is 0 Å². The van der Waals surface area contributed by atoms with Crippen LogP contribution in [0.1, 0.15) is 44.3 Å². The second kappa shape index (κ2) is 5.04. The smallest absolute Gasteiger partial charge is 0.0795 e. The Hall–Kier alpha value is -0.450. The molecule has 3 rings (SSSR count). The molecule has 0 aliphatic carbocycles. The maximum atomic E-state index is 4.48. The minimum absolute atomic E-state index is 0.483. The summed E-state index contributed by atoms with van der Waals surface area (Å²) in [6.07, 6.45) is 5.40. The molecule has 1 aromatic rings. The largest absolute Gasteiger partial charge is 0.312 e. The van der Waals surface area contributed by atoms with Gasteiger partial charge in [-0.15, -0.1) is 11.3 Å². The van der Waals surface area contributed by atoms with E-state index in [-0.39, 0.29) is 0 Å². The zero-order chi connectivity index (χ0) is 11.7. The second-order valence-corrected chi connectivity index (χ2v) is 5.96. The van der Waals surface area contributed by atoms with Gasteiger partial charge < -0.3 is 5.32 Å². The zero-order valence-corrected chi connectivity index (χ0v) is 11.2. The van der Waals surface area contributed by atoms with Gasteiger partial charge in [0.2, 0.25) is 0 Å². The maximum absolute atomic E-state index is 4.48. The Morgan fingerprint density at radius 3 is 3.12 bits per heavy atom. The molecule has 2 aliphatic rings. The van der Waals surface area contributed by atoms with E-state index < -0.39 is 0 Å². The second-order valence-electron chi connectivity index (χ2n) is 5.24. The van der Waals surface area contributed by atoms with Crippen LogP contribution in [-0.2, 0) is 0 Å². The van der Waals surface area contributed by atoms with E-state index in [9.17, 15) is 0 Å². The van der Waals surface area contributed by atoms with E-state index in [2.05, 4.69) is 27.5 Å². The number of thiazole rings is 1. The molecular weight excluding hydrogens is 230 g/mol. The van der Waals surface area contributed by atoms with Crippen molar-refractivity contribution in [2.75, 3.05) is 13.1 Å². The molecule has 0 radical (unpaired) electrons. The van der Waals surface area contributed by atoms with Crippen LogP contribution in [0.15, 0.2) is 10.9 Å². The molecule has 3 nitrogen and oxygen atoms in total. The zero-order valence-electron chi connectivity index (χ0n) is 10.4. The van der Waals surface area contributed by atoms with Crippen LogP contribution >= 0.6 is 11.3 Å². The third-order valence-corrected chi connectivity index (χ3v) is 4.89. The number of rotatable bonds is 3. The quantitative estimate of drug-likeness (QED) is 0.894. The Morgan fingerprint density at radius 2 is 2.41 bits per heavy atom. The highest BCUT2D eigenvalue weighted by molar-refractivity contribution is 7.07. The number of hydrogen-bond donors (Lipinski definition) is 1. The first-order chi connectivity index (χ1) is 8.36. The lowest BCUT2D eigenvalue weighted by Gasteiger charge is -2.33. The maximum Gasteiger partial charge on any atom is 0.0795 e. The van der Waals surface area contributed by atoms with E-state index in [4.69, 9.17) is 0 Å². The Kier molecular flexibility index (Phi) is 3.45. The Morgan fingerprint density at radius 1 is 1.47 bits per heavy atom. The van der Waals surface area contributed by atoms with E-state index >= 15 is 0 Å². The molecule has 2 aliphatic heterocycles. The molecule has 4 heteroatoms. The summed E-state index contributed by atoms with van der Waals surface area (Å²) in [5.74, 6) is 0. The van der Waals surface area contributed by atoms with Gasteiger partial charge >= 0.3 is 0 Å². The van der Waals surface area contributed by atoms with Crippen molar-refractivity contribution in [2.24, 2.45) is 0 Å². The first-order valence-corrected chi connectivity index (χ1v) is 7.68. The first-order valence-electron chi connectivity index (χ1n) is 6.73. The lowest BCUT2D eigenvalue weighted by molar-refractivity contribution is 0.161. The lowest BCUT2D eigenvalue weighted by Crippen LogP contribution is -2.44. The van der Waals surface area contributed by atoms with E-state index in [0.717, 1.165) is 12.1 Å². The molecule has 3 atom stereocenters. The topological polar surface area (TPSA) is 28.2 Å². The SMILES string of the molecule is CC(c1cscn1)N1CCCC1C1CCCN1. The molecule has 0 bridgehead atoms. The highest BCUT2D eigenvalue weighted by atomic mass is 32.1. The van der Waals surface area contributed by atoms with E-state index in [0.29, 0.717) is 6.04 Å². The minimum Gasteiger partial charge on any atom is -0.312 e. The number of likely N-dealkylation sites (tertiary alicyclic amines) is 1. The van der Waals surface area contributed by atoms with Crippen LogP contribution in [0.3, 0.4) is 0 Å². The predicted octanol–water partition coefficient (Wildman–Crippen LogP) is 2.42. The van der Waals surface area contributed by atoms with Crippen molar-refractivity contribution in [2.45, 2.75) is 50.7 Å². The van der Waals surface area contributed by atoms with Gasteiger partial charge in [0, 0.05) is 17.5 Å². The van der Waals surface area contributed by atoms with Gasteiger partial charge in [-0.05, 0) is 45.7 Å². The molecule has 94 valence electrons. The molecule has 3 heterocycles. The van der Waals surface area contributed by atoms with Crippen molar-refractivity contribution in [1.29, 1.82) is 0 Å². The van der Waals surface area contributed by atoms with Gasteiger partial charge in [-0.3, -0.25) is 4.90 Å². The van der Waals surface area contributed by atoms with Crippen molar-refractivity contribution in [3.63, 3.8) is 0 Å². The highest BCUT2D eigenvalue weighted by Gasteiger charge is 2.36. The van der Waals surface area contributed by atoms with Crippen LogP contribution in [0, 0.1) is 0 Å². The van der Waals surface area contributed by atoms with Gasteiger partial charge in [0.25, 0.3) is 0 Å². The standard InChI is InChI=1S/C13H21N3S/c1-10(12-8-17-9-15-12)16-7-3-5-13(16)11-4-2-6-14-11/h8-11,13-14H,2-7H2,1H3. The highest BCUT2D eigenvalue weighted by Crippen LogP contribution is 2.32. The third kappa shape index (κ3) is 2.26. The molecule has 1 aromatic heterocycles. The van der Waals surface area contributed by atoms with E-state index in [1.807, 2.05) is 5.51 Å². The molecule has 0 saturated carbocycles. The van der Waals surface area contributed by atoms with E-state index in [1.165, 1.54) is 44.5 Å². The molecule has 0 aromatic carbocycles. The summed E-state index contributed by atoms with van der Waals surface area (Å²) in [5, 5.41) is 5.87. The summed E-state index contributed by atoms with van der Waals surface area (Å²) < 4.78 is 0. The van der Waals surface area contributed by atoms with Gasteiger partial charge in [-0.2, -0.15) is 0 Å². The Bertz CT molecular complexity index is 346. The van der Waals surface area contributed by atoms with Gasteiger partial charge in [-0.25, -0.2) is 4.98 Å². The van der Waals surface area contributed by atoms with Crippen molar-refractivity contribution >= 4 is 11.3 Å². The average molecular weight is 251 g/mol. The van der Waals surface area contributed by atoms with Crippen molar-refractivity contribution in [3.05, 3.63) is 16.6 Å². The summed E-state index contributed by atoms with van der Waals surface area (Å²) in [6, 6.07) is 1.93. The summed E-state index contributed by atoms with van der Waals surface area (Å²) in [6.45, 7) is 4.75. The number of nitrogens with zero attached hydrogens (tertiary/aromatic N) is 2. The lowest BCUT2D eigenvalue weighted by atomic mass is 10.0. The van der Waals surface area contributed by atoms with Crippen LogP contribution < -0.4 is 5.32 Å². The molecule has 17 heavy (non-hydrogen) atoms. The fraction of sp³-hybridized carbons (Fsp3) is 0.769. The van der Waals surface area contributed by atoms with Crippen molar-refractivity contribution < 1.29 is 0 Å². The molecule has 2 saturated heterocycles. The molecule has 0 amide bonds. The molecule has 0 spiro atoms. The van der Waals surface area contributed by atoms with Crippen molar-refractivity contribution in [1.82, 2.24) is 15.2 Å². The van der Waals surface area contributed by atoms with Crippen LogP contribution in [0.5, 0.6) is 0 Å². The van der Waals surface area contributed by atoms with Gasteiger partial charge in [0.15, 0.2) is 0 Å².